The van der Waals surface area contributed by atoms with E-state index in [-0.39, 0.29) is 12.0 Å². The van der Waals surface area contributed by atoms with E-state index in [0.717, 1.165) is 57.2 Å². The highest BCUT2D eigenvalue weighted by Crippen LogP contribution is 2.46. The van der Waals surface area contributed by atoms with E-state index >= 15 is 0 Å². The van der Waals surface area contributed by atoms with Gasteiger partial charge in [0.25, 0.3) is 0 Å². The van der Waals surface area contributed by atoms with Gasteiger partial charge in [-0.2, -0.15) is 13.2 Å². The molecule has 0 N–H and O–H groups in total. The van der Waals surface area contributed by atoms with Crippen molar-refractivity contribution in [2.45, 2.75) is 56.7 Å². The standard InChI is InChI=1S/C23H28F3O2PS2/c1-14-8-9-22(2,3)11-17-19(30-21(20(14)17)31(4,5)27)13-28-12-15-6-7-16(10-18(15)29)23(24,25)26/h6-7,10H,1,4,8-9,11-13,29H2,2-3,5H3. The van der Waals surface area contributed by atoms with E-state index < -0.39 is 21.3 Å². The van der Waals surface area contributed by atoms with Gasteiger partial charge in [0.1, 0.15) is 0 Å². The average molecular weight is 489 g/mol. The predicted molar refractivity (Wildman–Crippen MR) is 129 cm³/mol. The summed E-state index contributed by atoms with van der Waals surface area (Å²) in [5, 5.41) is 0.462. The molecule has 3 rings (SSSR count). The van der Waals surface area contributed by atoms with Crippen molar-refractivity contribution in [3.8, 4) is 0 Å². The van der Waals surface area contributed by atoms with E-state index in [9.17, 15) is 17.4 Å². The first-order valence-electron chi connectivity index (χ1n) is 9.87. The van der Waals surface area contributed by atoms with E-state index in [4.69, 9.17) is 4.74 Å². The Morgan fingerprint density at radius 1 is 1.29 bits per heavy atom. The number of halogens is 3. The molecular formula is C23H28F3O2PS2. The number of hydrogen-bond donors (Lipinski definition) is 0. The smallest absolute Gasteiger partial charge is 0.371 e. The fourth-order valence-corrected chi connectivity index (χ4v) is 6.89. The van der Waals surface area contributed by atoms with Gasteiger partial charge in [-0.25, -0.2) is 0 Å². The van der Waals surface area contributed by atoms with Gasteiger partial charge in [-0.3, -0.25) is 4.21 Å². The maximum absolute atomic E-state index is 12.9. The highest BCUT2D eigenvalue weighted by Gasteiger charge is 2.32. The van der Waals surface area contributed by atoms with E-state index in [0.29, 0.717) is 17.5 Å². The minimum absolute atomic E-state index is 0.0811. The second kappa shape index (κ2) is 8.66. The lowest BCUT2D eigenvalue weighted by Gasteiger charge is -2.22. The Hall–Kier alpha value is -1.14. The molecule has 1 aliphatic rings. The monoisotopic (exact) mass is 488 g/mol. The first kappa shape index (κ1) is 24.5. The second-order valence-electron chi connectivity index (χ2n) is 9.02. The van der Waals surface area contributed by atoms with Crippen molar-refractivity contribution >= 4 is 46.8 Å². The molecular weight excluding hydrogens is 460 g/mol. The van der Waals surface area contributed by atoms with Crippen LogP contribution in [-0.4, -0.2) is 16.3 Å². The molecule has 2 atom stereocenters. The summed E-state index contributed by atoms with van der Waals surface area (Å²) in [4.78, 5) is 0.997. The lowest BCUT2D eigenvalue weighted by molar-refractivity contribution is -0.137. The van der Waals surface area contributed by atoms with Crippen molar-refractivity contribution in [1.29, 1.82) is 0 Å². The van der Waals surface area contributed by atoms with Gasteiger partial charge in [0.15, 0.2) is 0 Å². The van der Waals surface area contributed by atoms with Crippen molar-refractivity contribution in [3.05, 3.63) is 51.9 Å². The van der Waals surface area contributed by atoms with Gasteiger partial charge in [0.05, 0.1) is 23.0 Å². The van der Waals surface area contributed by atoms with Gasteiger partial charge < -0.3 is 4.74 Å². The zero-order valence-electron chi connectivity index (χ0n) is 18.0. The predicted octanol–water partition coefficient (Wildman–Crippen LogP) is 6.06. The molecule has 0 saturated carbocycles. The van der Waals surface area contributed by atoms with Gasteiger partial charge in [-0.1, -0.05) is 26.5 Å². The maximum Gasteiger partial charge on any atom is 0.416 e. The molecule has 0 spiro atoms. The van der Waals surface area contributed by atoms with Gasteiger partial charge in [0.2, 0.25) is 0 Å². The molecule has 8 heteroatoms. The summed E-state index contributed by atoms with van der Waals surface area (Å²) in [5.41, 5.74) is 3.19. The van der Waals surface area contributed by atoms with Crippen LogP contribution in [-0.2, 0) is 40.1 Å². The fourth-order valence-electron chi connectivity index (χ4n) is 3.79. The third kappa shape index (κ3) is 5.62. The van der Waals surface area contributed by atoms with E-state index in [2.05, 4.69) is 35.5 Å². The maximum atomic E-state index is 12.9. The van der Waals surface area contributed by atoms with Crippen LogP contribution in [0.2, 0.25) is 0 Å². The number of alkyl halides is 3. The van der Waals surface area contributed by atoms with Crippen molar-refractivity contribution in [1.82, 2.24) is 0 Å². The Morgan fingerprint density at radius 3 is 2.55 bits per heavy atom. The van der Waals surface area contributed by atoms with Gasteiger partial charge in [-0.15, -0.1) is 20.6 Å². The van der Waals surface area contributed by atoms with Crippen LogP contribution >= 0.6 is 20.6 Å². The number of rotatable bonds is 5. The SMILES string of the molecule is C=C1CCC(C)(C)Cc2c(COCc3ccc(C(F)(F)F)cc3P)sc(S(=C)(C)=O)c21. The molecule has 2 unspecified atom stereocenters. The molecule has 0 saturated heterocycles. The van der Waals surface area contributed by atoms with Crippen LogP contribution in [0.5, 0.6) is 0 Å². The van der Waals surface area contributed by atoms with Gasteiger partial charge in [-0.05, 0) is 64.7 Å². The summed E-state index contributed by atoms with van der Waals surface area (Å²) in [7, 11) is -0.0709. The molecule has 2 aromatic rings. The molecule has 170 valence electrons. The quantitative estimate of drug-likeness (QED) is 0.290. The molecule has 1 aliphatic carbocycles. The minimum Gasteiger partial charge on any atom is -0.371 e. The number of thiophene rings is 1. The van der Waals surface area contributed by atoms with Crippen LogP contribution in [0.4, 0.5) is 13.2 Å². The molecule has 0 radical (unpaired) electrons. The highest BCUT2D eigenvalue weighted by molar-refractivity contribution is 8.01. The Kier molecular flexibility index (Phi) is 6.84. The van der Waals surface area contributed by atoms with Crippen LogP contribution < -0.4 is 5.30 Å². The summed E-state index contributed by atoms with van der Waals surface area (Å²) in [5.74, 6) is 3.89. The number of allylic oxidation sites excluding steroid dienone is 1. The Labute approximate surface area is 189 Å². The second-order valence-corrected chi connectivity index (χ2v) is 13.4. The fraction of sp³-hybridized carbons (Fsp3) is 0.435. The first-order valence-corrected chi connectivity index (χ1v) is 13.4. The van der Waals surface area contributed by atoms with Crippen molar-refractivity contribution in [3.63, 3.8) is 0 Å². The third-order valence-corrected chi connectivity index (χ3v) is 9.36. The molecule has 0 fully saturated rings. The summed E-state index contributed by atoms with van der Waals surface area (Å²) in [6.07, 6.45) is -0.0418. The molecule has 1 aromatic carbocycles. The van der Waals surface area contributed by atoms with Gasteiger partial charge in [0, 0.05) is 26.2 Å². The molecule has 0 amide bonds. The molecule has 0 bridgehead atoms. The van der Waals surface area contributed by atoms with E-state index in [1.54, 1.807) is 6.26 Å². The molecule has 1 aromatic heterocycles. The summed E-state index contributed by atoms with van der Waals surface area (Å²) >= 11 is 1.46. The molecule has 0 aliphatic heterocycles. The molecule has 31 heavy (non-hydrogen) atoms. The molecule has 1 heterocycles. The van der Waals surface area contributed by atoms with Crippen LogP contribution in [0.15, 0.2) is 29.0 Å². The zero-order chi connectivity index (χ0) is 23.2. The van der Waals surface area contributed by atoms with Crippen molar-refractivity contribution in [2.24, 2.45) is 5.41 Å². The van der Waals surface area contributed by atoms with Crippen molar-refractivity contribution < 1.29 is 22.1 Å². The summed E-state index contributed by atoms with van der Waals surface area (Å²) in [6, 6.07) is 3.63. The number of hydrogen-bond acceptors (Lipinski definition) is 3. The number of benzene rings is 1. The Morgan fingerprint density at radius 2 is 1.97 bits per heavy atom. The summed E-state index contributed by atoms with van der Waals surface area (Å²) < 4.78 is 58.2. The zero-order valence-corrected chi connectivity index (χ0v) is 20.8. The Bertz CT molecular complexity index is 1110. The van der Waals surface area contributed by atoms with E-state index in [1.807, 2.05) is 0 Å². The Balaban J connectivity index is 1.87. The van der Waals surface area contributed by atoms with Crippen LogP contribution in [0.25, 0.3) is 5.57 Å². The van der Waals surface area contributed by atoms with Crippen LogP contribution in [0.3, 0.4) is 0 Å². The lowest BCUT2D eigenvalue weighted by Crippen LogP contribution is -2.14. The lowest BCUT2D eigenvalue weighted by atomic mass is 9.83. The topological polar surface area (TPSA) is 26.3 Å². The summed E-state index contributed by atoms with van der Waals surface area (Å²) in [6.45, 7) is 9.18. The third-order valence-electron chi connectivity index (χ3n) is 5.53. The largest absolute Gasteiger partial charge is 0.416 e. The highest BCUT2D eigenvalue weighted by atomic mass is 32.2. The number of fused-ring (bicyclic) bond motifs is 1. The average Bonchev–Trinajstić information content (AvgIpc) is 2.92. The van der Waals surface area contributed by atoms with Gasteiger partial charge >= 0.3 is 6.18 Å². The number of ether oxygens (including phenoxy) is 1. The first-order chi connectivity index (χ1) is 14.2. The minimum atomic E-state index is -4.37. The normalized spacial score (nSPS) is 18.4. The van der Waals surface area contributed by atoms with E-state index in [1.165, 1.54) is 17.4 Å². The van der Waals surface area contributed by atoms with Crippen LogP contribution in [0, 0.1) is 5.41 Å². The van der Waals surface area contributed by atoms with Crippen LogP contribution in [0.1, 0.15) is 53.8 Å². The van der Waals surface area contributed by atoms with Crippen molar-refractivity contribution in [2.75, 3.05) is 6.26 Å². The molecule has 2 nitrogen and oxygen atoms in total.